The molecule has 0 amide bonds. The van der Waals surface area contributed by atoms with Crippen molar-refractivity contribution in [3.8, 4) is 10.7 Å². The van der Waals surface area contributed by atoms with Gasteiger partial charge in [-0.15, -0.1) is 11.3 Å². The van der Waals surface area contributed by atoms with Gasteiger partial charge in [0.1, 0.15) is 0 Å². The topological polar surface area (TPSA) is 67.6 Å². The minimum absolute atomic E-state index is 0.752. The molecule has 16 heavy (non-hydrogen) atoms. The van der Waals surface area contributed by atoms with Crippen molar-refractivity contribution >= 4 is 27.5 Å². The van der Waals surface area contributed by atoms with Crippen LogP contribution < -0.4 is 5.73 Å². The minimum atomic E-state index is 0.752. The fourth-order valence-corrected chi connectivity index (χ4v) is 2.30. The Morgan fingerprint density at radius 2 is 2.06 bits per heavy atom. The van der Waals surface area contributed by atoms with Gasteiger partial charge >= 0.3 is 0 Å². The number of H-pyrrole nitrogens is 1. The number of nitrogen functional groups attached to an aromatic ring is 1. The van der Waals surface area contributed by atoms with Gasteiger partial charge in [-0.2, -0.15) is 0 Å². The molecule has 0 saturated carbocycles. The molecule has 0 aromatic carbocycles. The summed E-state index contributed by atoms with van der Waals surface area (Å²) in [7, 11) is 0. The Labute approximate surface area is 96.2 Å². The average Bonchev–Trinajstić information content (AvgIpc) is 2.83. The number of pyridine rings is 1. The van der Waals surface area contributed by atoms with Gasteiger partial charge in [0.2, 0.25) is 0 Å². The Balaban J connectivity index is 2.18. The molecule has 0 unspecified atom stereocenters. The molecule has 0 saturated heterocycles. The molecule has 0 aliphatic carbocycles. The number of thiophene rings is 1. The monoisotopic (exact) mass is 230 g/mol. The first-order valence-electron chi connectivity index (χ1n) is 4.91. The zero-order valence-electron chi connectivity index (χ0n) is 8.69. The molecule has 0 bridgehead atoms. The molecule has 80 valence electrons. The fraction of sp³-hybridized carbons (Fsp3) is 0.0909. The number of aromatic amines is 1. The minimum Gasteiger partial charge on any atom is -0.391 e. The van der Waals surface area contributed by atoms with Gasteiger partial charge in [-0.3, -0.25) is 0 Å². The fourth-order valence-electron chi connectivity index (χ4n) is 1.58. The van der Waals surface area contributed by atoms with Crippen molar-refractivity contribution < 1.29 is 0 Å². The first kappa shape index (κ1) is 9.35. The average molecular weight is 230 g/mol. The quantitative estimate of drug-likeness (QED) is 0.675. The second-order valence-electron chi connectivity index (χ2n) is 3.61. The summed E-state index contributed by atoms with van der Waals surface area (Å²) in [6, 6.07) is 7.80. The van der Waals surface area contributed by atoms with E-state index in [-0.39, 0.29) is 0 Å². The lowest BCUT2D eigenvalue weighted by Crippen LogP contribution is -1.80. The SMILES string of the molecule is Cc1ccc2[nH]c(-c3ccc(N)s3)nc2n1. The Morgan fingerprint density at radius 3 is 2.81 bits per heavy atom. The third-order valence-electron chi connectivity index (χ3n) is 2.35. The molecule has 0 atom stereocenters. The summed E-state index contributed by atoms with van der Waals surface area (Å²) in [5.74, 6) is 0.829. The summed E-state index contributed by atoms with van der Waals surface area (Å²) in [5.41, 5.74) is 8.37. The normalized spacial score (nSPS) is 11.1. The van der Waals surface area contributed by atoms with E-state index in [1.165, 1.54) is 11.3 Å². The lowest BCUT2D eigenvalue weighted by Gasteiger charge is -1.88. The first-order chi connectivity index (χ1) is 7.72. The number of fused-ring (bicyclic) bond motifs is 1. The third kappa shape index (κ3) is 1.45. The molecule has 0 spiro atoms. The van der Waals surface area contributed by atoms with Crippen molar-refractivity contribution in [2.24, 2.45) is 0 Å². The van der Waals surface area contributed by atoms with E-state index in [1.807, 2.05) is 31.2 Å². The van der Waals surface area contributed by atoms with Crippen LogP contribution >= 0.6 is 11.3 Å². The summed E-state index contributed by atoms with van der Waals surface area (Å²) in [6.45, 7) is 1.96. The summed E-state index contributed by atoms with van der Waals surface area (Å²) in [6.07, 6.45) is 0. The summed E-state index contributed by atoms with van der Waals surface area (Å²) >= 11 is 1.52. The van der Waals surface area contributed by atoms with Crippen LogP contribution in [0.2, 0.25) is 0 Å². The molecular weight excluding hydrogens is 220 g/mol. The van der Waals surface area contributed by atoms with Crippen molar-refractivity contribution in [3.63, 3.8) is 0 Å². The number of imidazole rings is 1. The van der Waals surface area contributed by atoms with Crippen molar-refractivity contribution in [3.05, 3.63) is 30.0 Å². The lowest BCUT2D eigenvalue weighted by atomic mass is 10.3. The number of nitrogens with two attached hydrogens (primary N) is 1. The molecule has 5 heteroatoms. The van der Waals surface area contributed by atoms with E-state index in [1.54, 1.807) is 0 Å². The highest BCUT2D eigenvalue weighted by Crippen LogP contribution is 2.28. The molecule has 0 fully saturated rings. The van der Waals surface area contributed by atoms with E-state index in [0.29, 0.717) is 0 Å². The maximum absolute atomic E-state index is 5.70. The van der Waals surface area contributed by atoms with Crippen molar-refractivity contribution in [2.75, 3.05) is 5.73 Å². The molecule has 0 radical (unpaired) electrons. The standard InChI is InChI=1S/C11H10N4S/c1-6-2-3-7-10(13-6)15-11(14-7)8-4-5-9(12)16-8/h2-5H,12H2,1H3,(H,13,14,15). The number of aryl methyl sites for hydroxylation is 1. The smallest absolute Gasteiger partial charge is 0.178 e. The summed E-state index contributed by atoms with van der Waals surface area (Å²) < 4.78 is 0. The van der Waals surface area contributed by atoms with Crippen LogP contribution in [0.15, 0.2) is 24.3 Å². The molecular formula is C11H10N4S. The van der Waals surface area contributed by atoms with Crippen LogP contribution in [0.5, 0.6) is 0 Å². The number of nitrogens with zero attached hydrogens (tertiary/aromatic N) is 2. The van der Waals surface area contributed by atoms with Gasteiger partial charge in [0, 0.05) is 5.69 Å². The van der Waals surface area contributed by atoms with E-state index < -0.39 is 0 Å². The predicted molar refractivity (Wildman–Crippen MR) is 66.4 cm³/mol. The van der Waals surface area contributed by atoms with Crippen LogP contribution in [-0.2, 0) is 0 Å². The highest BCUT2D eigenvalue weighted by molar-refractivity contribution is 7.19. The number of aromatic nitrogens is 3. The molecule has 3 heterocycles. The van der Waals surface area contributed by atoms with Gasteiger partial charge in [0.25, 0.3) is 0 Å². The second kappa shape index (κ2) is 3.31. The first-order valence-corrected chi connectivity index (χ1v) is 5.73. The highest BCUT2D eigenvalue weighted by atomic mass is 32.1. The van der Waals surface area contributed by atoms with Gasteiger partial charge in [-0.25, -0.2) is 9.97 Å². The number of rotatable bonds is 1. The zero-order chi connectivity index (χ0) is 11.1. The van der Waals surface area contributed by atoms with Crippen LogP contribution in [0.25, 0.3) is 21.9 Å². The maximum Gasteiger partial charge on any atom is 0.178 e. The van der Waals surface area contributed by atoms with E-state index >= 15 is 0 Å². The molecule has 0 aliphatic heterocycles. The van der Waals surface area contributed by atoms with Crippen LogP contribution in [-0.4, -0.2) is 15.0 Å². The third-order valence-corrected chi connectivity index (χ3v) is 3.27. The predicted octanol–water partition coefficient (Wildman–Crippen LogP) is 2.58. The largest absolute Gasteiger partial charge is 0.391 e. The molecule has 3 aromatic heterocycles. The van der Waals surface area contributed by atoms with Crippen molar-refractivity contribution in [2.45, 2.75) is 6.92 Å². The van der Waals surface area contributed by atoms with Gasteiger partial charge in [0.15, 0.2) is 11.5 Å². The maximum atomic E-state index is 5.70. The van der Waals surface area contributed by atoms with Gasteiger partial charge < -0.3 is 10.7 Å². The second-order valence-corrected chi connectivity index (χ2v) is 4.73. The van der Waals surface area contributed by atoms with Crippen LogP contribution in [0, 0.1) is 6.92 Å². The van der Waals surface area contributed by atoms with Gasteiger partial charge in [0.05, 0.1) is 15.4 Å². The molecule has 0 aliphatic rings. The van der Waals surface area contributed by atoms with E-state index in [2.05, 4.69) is 15.0 Å². The molecule has 3 N–H and O–H groups in total. The Bertz CT molecular complexity index is 653. The van der Waals surface area contributed by atoms with Crippen molar-refractivity contribution in [1.29, 1.82) is 0 Å². The van der Waals surface area contributed by atoms with Crippen molar-refractivity contribution in [1.82, 2.24) is 15.0 Å². The Kier molecular flexibility index (Phi) is 1.94. The number of nitrogens with one attached hydrogen (secondary N) is 1. The van der Waals surface area contributed by atoms with E-state index in [4.69, 9.17) is 5.73 Å². The molecule has 4 nitrogen and oxygen atoms in total. The zero-order valence-corrected chi connectivity index (χ0v) is 9.51. The summed E-state index contributed by atoms with van der Waals surface area (Å²) in [4.78, 5) is 13.1. The molecule has 3 aromatic rings. The highest BCUT2D eigenvalue weighted by Gasteiger charge is 2.07. The van der Waals surface area contributed by atoms with Crippen LogP contribution in [0.4, 0.5) is 5.00 Å². The number of hydrogen-bond donors (Lipinski definition) is 2. The number of hydrogen-bond acceptors (Lipinski definition) is 4. The van der Waals surface area contributed by atoms with Gasteiger partial charge in [-0.1, -0.05) is 0 Å². The number of anilines is 1. The van der Waals surface area contributed by atoms with E-state index in [0.717, 1.165) is 32.6 Å². The van der Waals surface area contributed by atoms with Crippen LogP contribution in [0.1, 0.15) is 5.69 Å². The Hall–Kier alpha value is -1.88. The summed E-state index contributed by atoms with van der Waals surface area (Å²) in [5, 5.41) is 0.791. The van der Waals surface area contributed by atoms with Crippen LogP contribution in [0.3, 0.4) is 0 Å². The molecule has 3 rings (SSSR count). The lowest BCUT2D eigenvalue weighted by molar-refractivity contribution is 1.22. The van der Waals surface area contributed by atoms with Gasteiger partial charge in [-0.05, 0) is 31.2 Å². The Morgan fingerprint density at radius 1 is 1.19 bits per heavy atom. The van der Waals surface area contributed by atoms with E-state index in [9.17, 15) is 0 Å².